The summed E-state index contributed by atoms with van der Waals surface area (Å²) in [7, 11) is 4.77. The average Bonchev–Trinajstić information content (AvgIpc) is 3.34. The van der Waals surface area contributed by atoms with E-state index in [0.29, 0.717) is 28.2 Å². The van der Waals surface area contributed by atoms with E-state index in [2.05, 4.69) is 25.6 Å². The number of nitrogens with one attached hydrogen (secondary N) is 1. The number of aromatic nitrogens is 6. The minimum absolute atomic E-state index is 0.0845. The zero-order chi connectivity index (χ0) is 21.7. The van der Waals surface area contributed by atoms with Gasteiger partial charge in [-0.3, -0.25) is 4.79 Å². The Hall–Kier alpha value is -3.68. The van der Waals surface area contributed by atoms with Crippen LogP contribution in [0.15, 0.2) is 29.7 Å². The first-order valence-corrected chi connectivity index (χ1v) is 9.46. The Labute approximate surface area is 174 Å². The van der Waals surface area contributed by atoms with Crippen molar-refractivity contribution < 1.29 is 19.2 Å². The molecule has 1 amide bonds. The molecule has 2 aromatic heterocycles. The van der Waals surface area contributed by atoms with E-state index < -0.39 is 10.9 Å². The molecule has 0 aliphatic heterocycles. The molecule has 1 N–H and O–H groups in total. The third-order valence-corrected chi connectivity index (χ3v) is 4.95. The molecule has 13 nitrogen and oxygen atoms in total. The molecule has 0 aliphatic rings. The predicted octanol–water partition coefficient (Wildman–Crippen LogP) is 1.11. The molecule has 158 valence electrons. The second-order valence-corrected chi connectivity index (χ2v) is 6.80. The Morgan fingerprint density at radius 2 is 2.10 bits per heavy atom. The van der Waals surface area contributed by atoms with Crippen LogP contribution in [0.3, 0.4) is 0 Å². The fraction of sp³-hybridized carbons (Fsp3) is 0.312. The molecule has 2 heterocycles. The van der Waals surface area contributed by atoms with Crippen LogP contribution in [0.2, 0.25) is 0 Å². The van der Waals surface area contributed by atoms with Crippen LogP contribution in [0.1, 0.15) is 5.82 Å². The average molecular weight is 434 g/mol. The number of nitrogens with zero attached hydrogens (tertiary/aromatic N) is 7. The first-order valence-electron chi connectivity index (χ1n) is 8.48. The SMILES string of the molecule is COc1ccc(OC)c(NC(=O)CSc2nnc(Cn3cnc([N+](=O)[O-])n3)n2C)c1. The van der Waals surface area contributed by atoms with Crippen molar-refractivity contribution in [1.29, 1.82) is 0 Å². The van der Waals surface area contributed by atoms with E-state index in [9.17, 15) is 14.9 Å². The van der Waals surface area contributed by atoms with Gasteiger partial charge in [0, 0.05) is 18.2 Å². The Bertz CT molecular complexity index is 1070. The Kier molecular flexibility index (Phi) is 6.46. The van der Waals surface area contributed by atoms with Gasteiger partial charge in [0.05, 0.1) is 25.7 Å². The van der Waals surface area contributed by atoms with Crippen molar-refractivity contribution in [3.63, 3.8) is 0 Å². The normalized spacial score (nSPS) is 10.6. The van der Waals surface area contributed by atoms with E-state index in [4.69, 9.17) is 9.47 Å². The highest BCUT2D eigenvalue weighted by Gasteiger charge is 2.17. The third-order valence-electron chi connectivity index (χ3n) is 3.93. The zero-order valence-corrected chi connectivity index (χ0v) is 17.1. The molecule has 0 radical (unpaired) electrons. The maximum Gasteiger partial charge on any atom is 0.490 e. The standard InChI is InChI=1S/C16H18N8O5S/c1-22-13(7-23-9-17-15(21-23)24(26)27)19-20-16(22)30-8-14(25)18-11-6-10(28-2)4-5-12(11)29-3/h4-6,9H,7-8H2,1-3H3,(H,18,25). The van der Waals surface area contributed by atoms with Gasteiger partial charge in [0.1, 0.15) is 18.0 Å². The molecular weight excluding hydrogens is 416 g/mol. The quantitative estimate of drug-likeness (QED) is 0.294. The van der Waals surface area contributed by atoms with Crippen LogP contribution in [0, 0.1) is 10.1 Å². The van der Waals surface area contributed by atoms with Crippen LogP contribution in [0.5, 0.6) is 11.5 Å². The lowest BCUT2D eigenvalue weighted by Gasteiger charge is -2.11. The molecule has 0 fully saturated rings. The number of carbonyl (C=O) groups is 1. The highest BCUT2D eigenvalue weighted by molar-refractivity contribution is 7.99. The Balaban J connectivity index is 1.61. The molecule has 0 unspecified atom stereocenters. The van der Waals surface area contributed by atoms with Gasteiger partial charge in [-0.1, -0.05) is 16.7 Å². The van der Waals surface area contributed by atoms with Gasteiger partial charge in [-0.2, -0.15) is 4.68 Å². The number of anilines is 1. The lowest BCUT2D eigenvalue weighted by Crippen LogP contribution is -2.15. The molecule has 14 heteroatoms. The van der Waals surface area contributed by atoms with E-state index >= 15 is 0 Å². The number of rotatable bonds is 9. The van der Waals surface area contributed by atoms with E-state index in [1.165, 1.54) is 37.0 Å². The molecular formula is C16H18N8O5S. The van der Waals surface area contributed by atoms with Gasteiger partial charge in [-0.25, -0.2) is 0 Å². The van der Waals surface area contributed by atoms with Crippen LogP contribution < -0.4 is 14.8 Å². The van der Waals surface area contributed by atoms with Crippen LogP contribution >= 0.6 is 11.8 Å². The molecule has 0 saturated carbocycles. The number of thioether (sulfide) groups is 1. The van der Waals surface area contributed by atoms with Crippen LogP contribution in [-0.4, -0.2) is 60.3 Å². The van der Waals surface area contributed by atoms with E-state index in [-0.39, 0.29) is 18.2 Å². The molecule has 0 spiro atoms. The number of nitro groups is 1. The predicted molar refractivity (Wildman–Crippen MR) is 106 cm³/mol. The van der Waals surface area contributed by atoms with Crippen molar-refractivity contribution in [2.45, 2.75) is 11.7 Å². The molecule has 0 saturated heterocycles. The highest BCUT2D eigenvalue weighted by atomic mass is 32.2. The lowest BCUT2D eigenvalue weighted by molar-refractivity contribution is -0.394. The summed E-state index contributed by atoms with van der Waals surface area (Å²) in [5.41, 5.74) is 0.494. The Morgan fingerprint density at radius 3 is 2.77 bits per heavy atom. The van der Waals surface area contributed by atoms with Crippen molar-refractivity contribution in [3.05, 3.63) is 40.5 Å². The molecule has 3 rings (SSSR count). The monoisotopic (exact) mass is 434 g/mol. The minimum Gasteiger partial charge on any atom is -0.497 e. The van der Waals surface area contributed by atoms with Crippen molar-refractivity contribution in [3.8, 4) is 11.5 Å². The number of carbonyl (C=O) groups excluding carboxylic acids is 1. The number of methoxy groups -OCH3 is 2. The maximum atomic E-state index is 12.4. The maximum absolute atomic E-state index is 12.4. The number of ether oxygens (including phenoxy) is 2. The summed E-state index contributed by atoms with van der Waals surface area (Å²) >= 11 is 1.19. The van der Waals surface area contributed by atoms with Crippen molar-refractivity contribution in [2.75, 3.05) is 25.3 Å². The summed E-state index contributed by atoms with van der Waals surface area (Å²) in [5.74, 6) is 0.940. The molecule has 0 atom stereocenters. The number of hydrogen-bond donors (Lipinski definition) is 1. The number of hydrogen-bond acceptors (Lipinski definition) is 10. The minimum atomic E-state index is -0.676. The molecule has 0 aliphatic carbocycles. The van der Waals surface area contributed by atoms with E-state index in [1.54, 1.807) is 29.8 Å². The summed E-state index contributed by atoms with van der Waals surface area (Å²) in [6, 6.07) is 5.10. The topological polar surface area (TPSA) is 152 Å². The van der Waals surface area contributed by atoms with Gasteiger partial charge in [0.25, 0.3) is 0 Å². The fourth-order valence-electron chi connectivity index (χ4n) is 2.43. The number of amides is 1. The second-order valence-electron chi connectivity index (χ2n) is 5.86. The Morgan fingerprint density at radius 1 is 1.30 bits per heavy atom. The largest absolute Gasteiger partial charge is 0.497 e. The summed E-state index contributed by atoms with van der Waals surface area (Å²) in [5, 5.41) is 25.8. The summed E-state index contributed by atoms with van der Waals surface area (Å²) in [6.07, 6.45) is 1.24. The van der Waals surface area contributed by atoms with Crippen molar-refractivity contribution >= 4 is 29.3 Å². The van der Waals surface area contributed by atoms with Gasteiger partial charge < -0.3 is 29.5 Å². The van der Waals surface area contributed by atoms with Crippen molar-refractivity contribution in [2.24, 2.45) is 7.05 Å². The van der Waals surface area contributed by atoms with Crippen LogP contribution in [0.4, 0.5) is 11.6 Å². The van der Waals surface area contributed by atoms with E-state index in [1.807, 2.05) is 0 Å². The molecule has 0 bridgehead atoms. The van der Waals surface area contributed by atoms with Gasteiger partial charge >= 0.3 is 5.95 Å². The van der Waals surface area contributed by atoms with Gasteiger partial charge in [0.15, 0.2) is 11.0 Å². The lowest BCUT2D eigenvalue weighted by atomic mass is 10.2. The van der Waals surface area contributed by atoms with E-state index in [0.717, 1.165) is 0 Å². The first kappa shape index (κ1) is 21.0. The molecule has 30 heavy (non-hydrogen) atoms. The summed E-state index contributed by atoms with van der Waals surface area (Å²) in [4.78, 5) is 25.9. The van der Waals surface area contributed by atoms with Gasteiger partial charge in [-0.05, 0) is 17.1 Å². The zero-order valence-electron chi connectivity index (χ0n) is 16.3. The summed E-state index contributed by atoms with van der Waals surface area (Å²) in [6.45, 7) is 0.151. The first-order chi connectivity index (χ1) is 14.4. The molecule has 3 aromatic rings. The van der Waals surface area contributed by atoms with Crippen molar-refractivity contribution in [1.82, 2.24) is 29.5 Å². The fourth-order valence-corrected chi connectivity index (χ4v) is 3.16. The second kappa shape index (κ2) is 9.21. The number of benzene rings is 1. The van der Waals surface area contributed by atoms with Gasteiger partial charge in [-0.15, -0.1) is 10.2 Å². The highest BCUT2D eigenvalue weighted by Crippen LogP contribution is 2.29. The van der Waals surface area contributed by atoms with Crippen LogP contribution in [0.25, 0.3) is 0 Å². The third kappa shape index (κ3) is 4.83. The molecule has 1 aromatic carbocycles. The van der Waals surface area contributed by atoms with Crippen LogP contribution in [-0.2, 0) is 18.4 Å². The smallest absolute Gasteiger partial charge is 0.490 e. The summed E-state index contributed by atoms with van der Waals surface area (Å²) < 4.78 is 13.4. The van der Waals surface area contributed by atoms with Gasteiger partial charge in [0.2, 0.25) is 12.2 Å².